The van der Waals surface area contributed by atoms with Crippen LogP contribution >= 0.6 is 0 Å². The predicted molar refractivity (Wildman–Crippen MR) is 73.2 cm³/mol. The van der Waals surface area contributed by atoms with Crippen molar-refractivity contribution < 1.29 is 4.74 Å². The highest BCUT2D eigenvalue weighted by molar-refractivity contribution is 5.39. The Kier molecular flexibility index (Phi) is 3.52. The minimum absolute atomic E-state index is 0.693. The molecular formula is C15H22N2O. The van der Waals surface area contributed by atoms with Gasteiger partial charge in [0.2, 0.25) is 0 Å². The first-order valence-corrected chi connectivity index (χ1v) is 6.99. The molecule has 3 nitrogen and oxygen atoms in total. The van der Waals surface area contributed by atoms with Gasteiger partial charge in [0.15, 0.2) is 0 Å². The topological polar surface area (TPSA) is 24.5 Å². The maximum Gasteiger partial charge on any atom is 0.122 e. The van der Waals surface area contributed by atoms with Crippen LogP contribution in [0.15, 0.2) is 18.2 Å². The van der Waals surface area contributed by atoms with E-state index in [2.05, 4.69) is 35.5 Å². The van der Waals surface area contributed by atoms with E-state index in [1.54, 1.807) is 0 Å². The monoisotopic (exact) mass is 246 g/mol. The molecule has 0 radical (unpaired) electrons. The van der Waals surface area contributed by atoms with E-state index in [1.165, 1.54) is 37.2 Å². The van der Waals surface area contributed by atoms with Crippen molar-refractivity contribution in [1.29, 1.82) is 0 Å². The zero-order chi connectivity index (χ0) is 12.4. The first kappa shape index (κ1) is 12.0. The van der Waals surface area contributed by atoms with E-state index in [4.69, 9.17) is 4.74 Å². The molecule has 1 fully saturated rings. The summed E-state index contributed by atoms with van der Waals surface area (Å²) in [5.74, 6) is 1.09. The van der Waals surface area contributed by atoms with Crippen molar-refractivity contribution in [2.75, 3.05) is 33.3 Å². The number of likely N-dealkylation sites (N-methyl/N-ethyl adjacent to an activating group) is 1. The molecule has 1 N–H and O–H groups in total. The van der Waals surface area contributed by atoms with E-state index in [-0.39, 0.29) is 0 Å². The van der Waals surface area contributed by atoms with E-state index in [9.17, 15) is 0 Å². The third-order valence-corrected chi connectivity index (χ3v) is 4.15. The molecule has 2 heterocycles. The fraction of sp³-hybridized carbons (Fsp3) is 0.600. The number of likely N-dealkylation sites (tertiary alicyclic amines) is 1. The number of nitrogens with zero attached hydrogens (tertiary/aromatic N) is 1. The van der Waals surface area contributed by atoms with Crippen LogP contribution in [0.3, 0.4) is 0 Å². The molecule has 2 aliphatic heterocycles. The highest BCUT2D eigenvalue weighted by atomic mass is 16.5. The Bertz CT molecular complexity index is 419. The number of hydrogen-bond donors (Lipinski definition) is 1. The van der Waals surface area contributed by atoms with Gasteiger partial charge in [-0.05, 0) is 43.6 Å². The van der Waals surface area contributed by atoms with Gasteiger partial charge in [0.1, 0.15) is 5.75 Å². The van der Waals surface area contributed by atoms with Crippen molar-refractivity contribution in [3.63, 3.8) is 0 Å². The average Bonchev–Trinajstić information content (AvgIpc) is 3.04. The lowest BCUT2D eigenvalue weighted by molar-refractivity contribution is 0.334. The molecule has 0 spiro atoms. The molecule has 1 unspecified atom stereocenters. The molecule has 18 heavy (non-hydrogen) atoms. The summed E-state index contributed by atoms with van der Waals surface area (Å²) in [7, 11) is 2.06. The molecule has 1 atom stereocenters. The van der Waals surface area contributed by atoms with Crippen LogP contribution in [-0.4, -0.2) is 44.2 Å². The Labute approximate surface area is 109 Å². The van der Waals surface area contributed by atoms with Crippen LogP contribution in [0.4, 0.5) is 0 Å². The van der Waals surface area contributed by atoms with Crippen LogP contribution in [0.25, 0.3) is 0 Å². The number of hydrogen-bond acceptors (Lipinski definition) is 3. The normalized spacial score (nSPS) is 23.1. The van der Waals surface area contributed by atoms with Crippen molar-refractivity contribution >= 4 is 0 Å². The Balaban J connectivity index is 1.54. The molecule has 0 aromatic heterocycles. The number of nitrogens with one attached hydrogen (secondary N) is 1. The van der Waals surface area contributed by atoms with Gasteiger partial charge in [-0.15, -0.1) is 0 Å². The quantitative estimate of drug-likeness (QED) is 0.870. The molecule has 3 heteroatoms. The van der Waals surface area contributed by atoms with Crippen molar-refractivity contribution in [2.45, 2.75) is 25.3 Å². The van der Waals surface area contributed by atoms with Crippen LogP contribution in [0.5, 0.6) is 5.75 Å². The molecule has 1 saturated heterocycles. The first-order chi connectivity index (χ1) is 8.85. The van der Waals surface area contributed by atoms with E-state index >= 15 is 0 Å². The fourth-order valence-electron chi connectivity index (χ4n) is 2.95. The summed E-state index contributed by atoms with van der Waals surface area (Å²) in [4.78, 5) is 2.56. The number of fused-ring (bicyclic) bond motifs is 1. The van der Waals surface area contributed by atoms with Gasteiger partial charge in [0.05, 0.1) is 6.61 Å². The second-order valence-electron chi connectivity index (χ2n) is 5.37. The summed E-state index contributed by atoms with van der Waals surface area (Å²) in [6.07, 6.45) is 3.52. The molecule has 2 aliphatic rings. The molecule has 3 rings (SSSR count). The lowest BCUT2D eigenvalue weighted by atomic mass is 10.1. The fourth-order valence-corrected chi connectivity index (χ4v) is 2.95. The maximum atomic E-state index is 5.54. The minimum Gasteiger partial charge on any atom is -0.493 e. The second kappa shape index (κ2) is 5.29. The molecule has 98 valence electrons. The van der Waals surface area contributed by atoms with Gasteiger partial charge in [-0.1, -0.05) is 12.1 Å². The molecular weight excluding hydrogens is 224 g/mol. The third kappa shape index (κ3) is 2.52. The minimum atomic E-state index is 0.693. The Morgan fingerprint density at radius 3 is 3.22 bits per heavy atom. The Hall–Kier alpha value is -1.06. The van der Waals surface area contributed by atoms with Gasteiger partial charge in [0, 0.05) is 25.6 Å². The smallest absolute Gasteiger partial charge is 0.122 e. The highest BCUT2D eigenvalue weighted by Gasteiger charge is 2.20. The van der Waals surface area contributed by atoms with Gasteiger partial charge in [-0.2, -0.15) is 0 Å². The first-order valence-electron chi connectivity index (χ1n) is 6.99. The van der Waals surface area contributed by atoms with Gasteiger partial charge < -0.3 is 15.0 Å². The van der Waals surface area contributed by atoms with Crippen molar-refractivity contribution in [2.24, 2.45) is 0 Å². The largest absolute Gasteiger partial charge is 0.493 e. The molecule has 1 aromatic rings. The third-order valence-electron chi connectivity index (χ3n) is 4.15. The predicted octanol–water partition coefficient (Wildman–Crippen LogP) is 1.46. The van der Waals surface area contributed by atoms with Crippen LogP contribution in [-0.2, 0) is 12.8 Å². The van der Waals surface area contributed by atoms with E-state index in [0.717, 1.165) is 25.2 Å². The molecule has 0 amide bonds. The summed E-state index contributed by atoms with van der Waals surface area (Å²) >= 11 is 0. The second-order valence-corrected chi connectivity index (χ2v) is 5.37. The summed E-state index contributed by atoms with van der Waals surface area (Å²) in [6, 6.07) is 7.38. The SMILES string of the molecule is CNC1CCN(CCc2ccc3c(c2)CCO3)C1. The Morgan fingerprint density at radius 1 is 1.44 bits per heavy atom. The highest BCUT2D eigenvalue weighted by Crippen LogP contribution is 2.26. The van der Waals surface area contributed by atoms with Gasteiger partial charge in [-0.3, -0.25) is 0 Å². The van der Waals surface area contributed by atoms with Crippen molar-refractivity contribution in [3.8, 4) is 5.75 Å². The summed E-state index contributed by atoms with van der Waals surface area (Å²) < 4.78 is 5.54. The van der Waals surface area contributed by atoms with Gasteiger partial charge in [-0.25, -0.2) is 0 Å². The molecule has 0 aliphatic carbocycles. The lowest BCUT2D eigenvalue weighted by Crippen LogP contribution is -2.30. The molecule has 0 bridgehead atoms. The number of ether oxygens (including phenoxy) is 1. The number of rotatable bonds is 4. The zero-order valence-corrected chi connectivity index (χ0v) is 11.1. The van der Waals surface area contributed by atoms with Gasteiger partial charge >= 0.3 is 0 Å². The molecule has 1 aromatic carbocycles. The van der Waals surface area contributed by atoms with Crippen LogP contribution in [0.1, 0.15) is 17.5 Å². The van der Waals surface area contributed by atoms with E-state index in [0.29, 0.717) is 6.04 Å². The van der Waals surface area contributed by atoms with E-state index in [1.807, 2.05) is 0 Å². The summed E-state index contributed by atoms with van der Waals surface area (Å²) in [5, 5.41) is 3.37. The van der Waals surface area contributed by atoms with E-state index < -0.39 is 0 Å². The summed E-state index contributed by atoms with van der Waals surface area (Å²) in [6.45, 7) is 4.47. The maximum absolute atomic E-state index is 5.54. The van der Waals surface area contributed by atoms with Gasteiger partial charge in [0.25, 0.3) is 0 Å². The van der Waals surface area contributed by atoms with Crippen LogP contribution in [0.2, 0.25) is 0 Å². The summed E-state index contributed by atoms with van der Waals surface area (Å²) in [5.41, 5.74) is 2.84. The Morgan fingerprint density at radius 2 is 2.39 bits per heavy atom. The average molecular weight is 246 g/mol. The lowest BCUT2D eigenvalue weighted by Gasteiger charge is -2.15. The van der Waals surface area contributed by atoms with Crippen molar-refractivity contribution in [1.82, 2.24) is 10.2 Å². The van der Waals surface area contributed by atoms with Crippen molar-refractivity contribution in [3.05, 3.63) is 29.3 Å². The standard InChI is InChI=1S/C15H22N2O/c1-16-14-5-8-17(11-14)7-4-12-2-3-15-13(10-12)6-9-18-15/h2-3,10,14,16H,4-9,11H2,1H3. The van der Waals surface area contributed by atoms with Crippen LogP contribution < -0.4 is 10.1 Å². The number of benzene rings is 1. The molecule has 0 saturated carbocycles. The van der Waals surface area contributed by atoms with Crippen LogP contribution in [0, 0.1) is 0 Å². The zero-order valence-electron chi connectivity index (χ0n) is 11.1.